The molecule has 2 atom stereocenters. The maximum atomic E-state index is 3.61. The Hall–Kier alpha value is -0.820. The topological polar surface area (TPSA) is 12.0 Å². The second-order valence-electron chi connectivity index (χ2n) is 6.89. The maximum Gasteiger partial charge on any atom is 0.00254 e. The average Bonchev–Trinajstić information content (AvgIpc) is 2.44. The lowest BCUT2D eigenvalue weighted by Crippen LogP contribution is -2.42. The van der Waals surface area contributed by atoms with Crippen molar-refractivity contribution < 1.29 is 0 Å². The largest absolute Gasteiger partial charge is 0.316 e. The van der Waals surface area contributed by atoms with Crippen molar-refractivity contribution in [2.75, 3.05) is 13.1 Å². The molecule has 1 nitrogen and oxygen atoms in total. The third-order valence-electron chi connectivity index (χ3n) is 5.11. The zero-order valence-corrected chi connectivity index (χ0v) is 13.5. The van der Waals surface area contributed by atoms with Gasteiger partial charge < -0.3 is 5.32 Å². The van der Waals surface area contributed by atoms with Crippen LogP contribution in [0.4, 0.5) is 0 Å². The van der Waals surface area contributed by atoms with Gasteiger partial charge in [-0.1, -0.05) is 69.4 Å². The Balaban J connectivity index is 2.07. The first-order valence-electron chi connectivity index (χ1n) is 8.43. The summed E-state index contributed by atoms with van der Waals surface area (Å²) in [5, 5.41) is 3.61. The summed E-state index contributed by atoms with van der Waals surface area (Å²) < 4.78 is 0. The van der Waals surface area contributed by atoms with Crippen LogP contribution in [-0.2, 0) is 0 Å². The smallest absolute Gasteiger partial charge is 0.00254 e. The molecule has 1 heterocycles. The van der Waals surface area contributed by atoms with Crippen molar-refractivity contribution in [2.45, 2.75) is 65.2 Å². The highest BCUT2D eigenvalue weighted by molar-refractivity contribution is 5.28. The Bertz CT molecular complexity index is 412. The van der Waals surface area contributed by atoms with Gasteiger partial charge in [-0.3, -0.25) is 0 Å². The van der Waals surface area contributed by atoms with Crippen molar-refractivity contribution in [3.63, 3.8) is 0 Å². The van der Waals surface area contributed by atoms with Gasteiger partial charge in [-0.05, 0) is 37.3 Å². The van der Waals surface area contributed by atoms with Crippen LogP contribution < -0.4 is 5.32 Å². The number of piperidine rings is 1. The van der Waals surface area contributed by atoms with Gasteiger partial charge in [-0.25, -0.2) is 0 Å². The molecule has 2 rings (SSSR count). The summed E-state index contributed by atoms with van der Waals surface area (Å²) in [6.45, 7) is 9.35. The average molecular weight is 273 g/mol. The molecule has 112 valence electrons. The second-order valence-corrected chi connectivity index (χ2v) is 6.89. The molecule has 1 saturated heterocycles. The fourth-order valence-electron chi connectivity index (χ4n) is 3.70. The van der Waals surface area contributed by atoms with Gasteiger partial charge in [0.1, 0.15) is 0 Å². The number of hydrogen-bond acceptors (Lipinski definition) is 1. The first-order chi connectivity index (χ1) is 9.65. The Kier molecular flexibility index (Phi) is 5.65. The molecule has 0 aromatic heterocycles. The second kappa shape index (κ2) is 7.26. The van der Waals surface area contributed by atoms with E-state index in [4.69, 9.17) is 0 Å². The van der Waals surface area contributed by atoms with E-state index in [-0.39, 0.29) is 0 Å². The van der Waals surface area contributed by atoms with Gasteiger partial charge in [0, 0.05) is 12.5 Å². The summed E-state index contributed by atoms with van der Waals surface area (Å²) in [7, 11) is 0. The highest BCUT2D eigenvalue weighted by atomic mass is 14.9. The third kappa shape index (κ3) is 3.85. The highest BCUT2D eigenvalue weighted by Crippen LogP contribution is 2.44. The van der Waals surface area contributed by atoms with Crippen molar-refractivity contribution in [3.05, 3.63) is 35.4 Å². The molecule has 1 aromatic carbocycles. The molecule has 2 unspecified atom stereocenters. The zero-order valence-electron chi connectivity index (χ0n) is 13.5. The van der Waals surface area contributed by atoms with Crippen molar-refractivity contribution in [2.24, 2.45) is 5.41 Å². The van der Waals surface area contributed by atoms with E-state index in [9.17, 15) is 0 Å². The van der Waals surface area contributed by atoms with Crippen LogP contribution in [0.3, 0.4) is 0 Å². The first-order valence-corrected chi connectivity index (χ1v) is 8.43. The highest BCUT2D eigenvalue weighted by Gasteiger charge is 2.36. The van der Waals surface area contributed by atoms with Gasteiger partial charge >= 0.3 is 0 Å². The number of rotatable bonds is 6. The van der Waals surface area contributed by atoms with Crippen molar-refractivity contribution in [3.8, 4) is 0 Å². The third-order valence-corrected chi connectivity index (χ3v) is 5.11. The van der Waals surface area contributed by atoms with E-state index in [0.717, 1.165) is 6.54 Å². The van der Waals surface area contributed by atoms with E-state index in [1.165, 1.54) is 56.2 Å². The molecule has 1 aromatic rings. The van der Waals surface area contributed by atoms with Crippen LogP contribution >= 0.6 is 0 Å². The standard InChI is InChI=1S/C19H31N/c1-4-5-6-7-11-19(3)12-13-20-15-18(19)17-10-8-9-16(2)14-17/h8-10,14,18,20H,4-7,11-13,15H2,1-3H3. The molecule has 0 amide bonds. The predicted molar refractivity (Wildman–Crippen MR) is 88.3 cm³/mol. The summed E-state index contributed by atoms with van der Waals surface area (Å²) in [5.74, 6) is 0.678. The Morgan fingerprint density at radius 1 is 1.25 bits per heavy atom. The minimum absolute atomic E-state index is 0.479. The van der Waals surface area contributed by atoms with Crippen molar-refractivity contribution in [1.29, 1.82) is 0 Å². The molecule has 0 spiro atoms. The van der Waals surface area contributed by atoms with E-state index in [0.29, 0.717) is 11.3 Å². The van der Waals surface area contributed by atoms with E-state index in [1.54, 1.807) is 0 Å². The zero-order chi connectivity index (χ0) is 14.4. The Labute approximate surface area is 125 Å². The quantitative estimate of drug-likeness (QED) is 0.715. The summed E-state index contributed by atoms with van der Waals surface area (Å²) in [6, 6.07) is 9.14. The van der Waals surface area contributed by atoms with E-state index >= 15 is 0 Å². The molecule has 20 heavy (non-hydrogen) atoms. The monoisotopic (exact) mass is 273 g/mol. The van der Waals surface area contributed by atoms with E-state index < -0.39 is 0 Å². The first kappa shape index (κ1) is 15.6. The van der Waals surface area contributed by atoms with Gasteiger partial charge in [0.25, 0.3) is 0 Å². The van der Waals surface area contributed by atoms with Gasteiger partial charge in [-0.15, -0.1) is 0 Å². The maximum absolute atomic E-state index is 3.61. The molecule has 1 aliphatic rings. The van der Waals surface area contributed by atoms with Crippen LogP contribution in [-0.4, -0.2) is 13.1 Å². The number of hydrogen-bond donors (Lipinski definition) is 1. The molecule has 0 saturated carbocycles. The SMILES string of the molecule is CCCCCCC1(C)CCNCC1c1cccc(C)c1. The molecule has 1 heteroatoms. The van der Waals surface area contributed by atoms with Crippen molar-refractivity contribution >= 4 is 0 Å². The number of benzene rings is 1. The summed E-state index contributed by atoms with van der Waals surface area (Å²) in [5.41, 5.74) is 3.41. The minimum Gasteiger partial charge on any atom is -0.316 e. The van der Waals surface area contributed by atoms with Crippen LogP contribution in [0, 0.1) is 12.3 Å². The molecule has 0 aliphatic carbocycles. The van der Waals surface area contributed by atoms with E-state index in [1.807, 2.05) is 0 Å². The van der Waals surface area contributed by atoms with Crippen LogP contribution in [0.2, 0.25) is 0 Å². The minimum atomic E-state index is 0.479. The van der Waals surface area contributed by atoms with Crippen LogP contribution in [0.15, 0.2) is 24.3 Å². The number of nitrogens with one attached hydrogen (secondary N) is 1. The number of unbranched alkanes of at least 4 members (excludes halogenated alkanes) is 3. The molecule has 1 fully saturated rings. The summed E-state index contributed by atoms with van der Waals surface area (Å²) in [4.78, 5) is 0. The predicted octanol–water partition coefficient (Wildman–Crippen LogP) is 5.05. The summed E-state index contributed by atoms with van der Waals surface area (Å²) in [6.07, 6.45) is 8.22. The molecule has 0 bridgehead atoms. The lowest BCUT2D eigenvalue weighted by atomic mass is 9.66. The van der Waals surface area contributed by atoms with Crippen LogP contribution in [0.5, 0.6) is 0 Å². The normalized spacial score (nSPS) is 26.6. The van der Waals surface area contributed by atoms with Crippen LogP contribution in [0.25, 0.3) is 0 Å². The molecular formula is C19H31N. The fourth-order valence-corrected chi connectivity index (χ4v) is 3.70. The lowest BCUT2D eigenvalue weighted by molar-refractivity contribution is 0.167. The van der Waals surface area contributed by atoms with Gasteiger partial charge in [0.2, 0.25) is 0 Å². The molecular weight excluding hydrogens is 242 g/mol. The molecule has 1 N–H and O–H groups in total. The lowest BCUT2D eigenvalue weighted by Gasteiger charge is -2.42. The Morgan fingerprint density at radius 3 is 2.85 bits per heavy atom. The number of aryl methyl sites for hydroxylation is 1. The summed E-state index contributed by atoms with van der Waals surface area (Å²) >= 11 is 0. The van der Waals surface area contributed by atoms with Gasteiger partial charge in [0.15, 0.2) is 0 Å². The molecule has 0 radical (unpaired) electrons. The fraction of sp³-hybridized carbons (Fsp3) is 0.684. The van der Waals surface area contributed by atoms with Crippen molar-refractivity contribution in [1.82, 2.24) is 5.32 Å². The van der Waals surface area contributed by atoms with Crippen LogP contribution in [0.1, 0.15) is 69.4 Å². The van der Waals surface area contributed by atoms with Gasteiger partial charge in [0.05, 0.1) is 0 Å². The van der Waals surface area contributed by atoms with Gasteiger partial charge in [-0.2, -0.15) is 0 Å². The Morgan fingerprint density at radius 2 is 2.10 bits per heavy atom. The molecule has 1 aliphatic heterocycles. The van der Waals surface area contributed by atoms with E-state index in [2.05, 4.69) is 50.4 Å².